The van der Waals surface area contributed by atoms with Crippen molar-refractivity contribution in [2.75, 3.05) is 11.8 Å². The molecule has 0 aliphatic heterocycles. The van der Waals surface area contributed by atoms with Crippen molar-refractivity contribution in [1.29, 1.82) is 0 Å². The normalized spacial score (nSPS) is 11.6. The van der Waals surface area contributed by atoms with Crippen LogP contribution in [0.15, 0.2) is 21.5 Å². The Hall–Kier alpha value is -1.10. The molecule has 10 heteroatoms. The number of aryl methyl sites for hydroxylation is 1. The molecule has 0 spiro atoms. The molecule has 0 aliphatic rings. The number of anilines is 1. The van der Waals surface area contributed by atoms with E-state index in [4.69, 9.17) is 0 Å². The zero-order chi connectivity index (χ0) is 15.6. The van der Waals surface area contributed by atoms with Gasteiger partial charge in [0, 0.05) is 16.6 Å². The lowest BCUT2D eigenvalue weighted by Crippen LogP contribution is -2.17. The molecule has 2 N–H and O–H groups in total. The molecule has 0 radical (unpaired) electrons. The molecule has 0 saturated carbocycles. The van der Waals surface area contributed by atoms with Crippen molar-refractivity contribution < 1.29 is 12.8 Å². The molecule has 1 heterocycles. The molecule has 21 heavy (non-hydrogen) atoms. The lowest BCUT2D eigenvalue weighted by atomic mass is 10.2. The summed E-state index contributed by atoms with van der Waals surface area (Å²) in [4.78, 5) is -0.435. The first-order valence-electron chi connectivity index (χ1n) is 5.79. The molecule has 0 saturated heterocycles. The van der Waals surface area contributed by atoms with Crippen molar-refractivity contribution >= 4 is 42.4 Å². The van der Waals surface area contributed by atoms with Gasteiger partial charge in [0.2, 0.25) is 5.13 Å². The Morgan fingerprint density at radius 1 is 1.38 bits per heavy atom. The predicted molar refractivity (Wildman–Crippen MR) is 82.3 cm³/mol. The van der Waals surface area contributed by atoms with Gasteiger partial charge in [-0.25, -0.2) is 12.8 Å². The monoisotopic (exact) mass is 394 g/mol. The van der Waals surface area contributed by atoms with Gasteiger partial charge in [-0.1, -0.05) is 27.3 Å². The van der Waals surface area contributed by atoms with Crippen LogP contribution in [-0.2, 0) is 16.6 Å². The second-order valence-corrected chi connectivity index (χ2v) is 7.89. The highest BCUT2D eigenvalue weighted by Crippen LogP contribution is 2.26. The zero-order valence-corrected chi connectivity index (χ0v) is 14.4. The van der Waals surface area contributed by atoms with E-state index in [0.717, 1.165) is 11.3 Å². The van der Waals surface area contributed by atoms with Crippen molar-refractivity contribution in [2.45, 2.75) is 18.4 Å². The van der Waals surface area contributed by atoms with Crippen LogP contribution in [0.4, 0.5) is 9.52 Å². The van der Waals surface area contributed by atoms with Gasteiger partial charge < -0.3 is 5.32 Å². The maximum atomic E-state index is 14.3. The van der Waals surface area contributed by atoms with E-state index in [9.17, 15) is 12.8 Å². The van der Waals surface area contributed by atoms with Gasteiger partial charge in [0.25, 0.3) is 10.0 Å². The third-order valence-electron chi connectivity index (χ3n) is 2.48. The number of nitrogens with one attached hydrogen (secondary N) is 2. The van der Waals surface area contributed by atoms with Gasteiger partial charge in [-0.15, -0.1) is 10.2 Å². The summed E-state index contributed by atoms with van der Waals surface area (Å²) in [5.41, 5.74) is 0.251. The minimum Gasteiger partial charge on any atom is -0.316 e. The fourth-order valence-electron chi connectivity index (χ4n) is 1.64. The number of benzene rings is 1. The second-order valence-electron chi connectivity index (χ2n) is 4.14. The first kappa shape index (κ1) is 16.3. The van der Waals surface area contributed by atoms with E-state index in [0.29, 0.717) is 9.48 Å². The molecule has 0 unspecified atom stereocenters. The van der Waals surface area contributed by atoms with Gasteiger partial charge in [0.15, 0.2) is 0 Å². The molecule has 2 aromatic rings. The summed E-state index contributed by atoms with van der Waals surface area (Å²) >= 11 is 4.26. The number of aromatic nitrogens is 2. The Morgan fingerprint density at radius 3 is 2.67 bits per heavy atom. The van der Waals surface area contributed by atoms with Gasteiger partial charge in [-0.3, -0.25) is 4.72 Å². The zero-order valence-electron chi connectivity index (χ0n) is 11.1. The van der Waals surface area contributed by atoms with E-state index in [2.05, 4.69) is 36.2 Å². The maximum absolute atomic E-state index is 14.3. The highest BCUT2D eigenvalue weighted by atomic mass is 79.9. The number of nitrogens with zero attached hydrogens (tertiary/aromatic N) is 2. The van der Waals surface area contributed by atoms with Crippen molar-refractivity contribution in [3.63, 3.8) is 0 Å². The molecule has 6 nitrogen and oxygen atoms in total. The highest BCUT2D eigenvalue weighted by Gasteiger charge is 2.23. The average molecular weight is 395 g/mol. The lowest BCUT2D eigenvalue weighted by molar-refractivity contribution is 0.555. The van der Waals surface area contributed by atoms with E-state index in [1.54, 1.807) is 14.0 Å². The van der Waals surface area contributed by atoms with E-state index in [-0.39, 0.29) is 17.2 Å². The van der Waals surface area contributed by atoms with Gasteiger partial charge in [0.1, 0.15) is 15.7 Å². The Labute approximate surface area is 134 Å². The van der Waals surface area contributed by atoms with Crippen molar-refractivity contribution in [3.8, 4) is 0 Å². The largest absolute Gasteiger partial charge is 0.316 e. The number of hydrogen-bond acceptors (Lipinski definition) is 6. The van der Waals surface area contributed by atoms with E-state index < -0.39 is 20.7 Å². The quantitative estimate of drug-likeness (QED) is 0.812. The molecule has 1 aromatic carbocycles. The molecule has 114 valence electrons. The molecule has 0 amide bonds. The SMILES string of the molecule is CNCc1cc(Br)cc(S(=O)(=O)Nc2nnc(C)s2)c1F. The van der Waals surface area contributed by atoms with Gasteiger partial charge in [-0.05, 0) is 26.1 Å². The lowest BCUT2D eigenvalue weighted by Gasteiger charge is -2.10. The van der Waals surface area contributed by atoms with Crippen molar-refractivity contribution in [2.24, 2.45) is 0 Å². The molecular formula is C11H12BrFN4O2S2. The molecule has 0 bridgehead atoms. The summed E-state index contributed by atoms with van der Waals surface area (Å²) in [7, 11) is -2.42. The summed E-state index contributed by atoms with van der Waals surface area (Å²) in [6.45, 7) is 1.91. The van der Waals surface area contributed by atoms with E-state index in [1.807, 2.05) is 0 Å². The number of sulfonamides is 1. The van der Waals surface area contributed by atoms with Crippen LogP contribution >= 0.6 is 27.3 Å². The predicted octanol–water partition coefficient (Wildman–Crippen LogP) is 2.27. The first-order chi connectivity index (χ1) is 9.83. The minimum absolute atomic E-state index is 0.0991. The van der Waals surface area contributed by atoms with Crippen LogP contribution < -0.4 is 10.0 Å². The molecule has 1 aromatic heterocycles. The maximum Gasteiger partial charge on any atom is 0.266 e. The number of hydrogen-bond donors (Lipinski definition) is 2. The van der Waals surface area contributed by atoms with E-state index >= 15 is 0 Å². The van der Waals surface area contributed by atoms with Crippen LogP contribution in [0.25, 0.3) is 0 Å². The molecular weight excluding hydrogens is 383 g/mol. The third-order valence-corrected chi connectivity index (χ3v) is 5.16. The Balaban J connectivity index is 2.44. The van der Waals surface area contributed by atoms with Crippen LogP contribution in [0.1, 0.15) is 10.6 Å². The van der Waals surface area contributed by atoms with E-state index in [1.165, 1.54) is 12.1 Å². The minimum atomic E-state index is -4.07. The highest BCUT2D eigenvalue weighted by molar-refractivity contribution is 9.10. The van der Waals surface area contributed by atoms with Crippen LogP contribution in [-0.4, -0.2) is 25.7 Å². The van der Waals surface area contributed by atoms with Crippen molar-refractivity contribution in [1.82, 2.24) is 15.5 Å². The smallest absolute Gasteiger partial charge is 0.266 e. The Kier molecular flexibility index (Phi) is 4.91. The van der Waals surface area contributed by atoms with Crippen molar-refractivity contribution in [3.05, 3.63) is 33.0 Å². The first-order valence-corrected chi connectivity index (χ1v) is 8.88. The molecule has 0 fully saturated rings. The Morgan fingerprint density at radius 2 is 2.10 bits per heavy atom. The fourth-order valence-corrected chi connectivity index (χ4v) is 4.27. The van der Waals surface area contributed by atoms with Crippen LogP contribution in [0.5, 0.6) is 0 Å². The summed E-state index contributed by atoms with van der Waals surface area (Å²) in [5, 5.41) is 10.9. The molecule has 0 aliphatic carbocycles. The number of rotatable bonds is 5. The van der Waals surface area contributed by atoms with Gasteiger partial charge in [0.05, 0.1) is 0 Å². The summed E-state index contributed by atoms with van der Waals surface area (Å²) in [6.07, 6.45) is 0. The topological polar surface area (TPSA) is 84.0 Å². The number of halogens is 2. The van der Waals surface area contributed by atoms with Gasteiger partial charge in [-0.2, -0.15) is 0 Å². The van der Waals surface area contributed by atoms with Crippen LogP contribution in [0, 0.1) is 12.7 Å². The molecule has 0 atom stereocenters. The fraction of sp³-hybridized carbons (Fsp3) is 0.273. The summed E-state index contributed by atoms with van der Waals surface area (Å²) in [5.74, 6) is -0.790. The second kappa shape index (κ2) is 6.34. The Bertz CT molecular complexity index is 764. The third kappa shape index (κ3) is 3.76. The summed E-state index contributed by atoms with van der Waals surface area (Å²) in [6, 6.07) is 2.74. The summed E-state index contributed by atoms with van der Waals surface area (Å²) < 4.78 is 41.6. The molecule has 2 rings (SSSR count). The van der Waals surface area contributed by atoms with Crippen LogP contribution in [0.3, 0.4) is 0 Å². The van der Waals surface area contributed by atoms with Crippen LogP contribution in [0.2, 0.25) is 0 Å². The standard InChI is InChI=1S/C11H12BrFN4O2S2/c1-6-15-16-11(20-6)17-21(18,19)9-4-8(12)3-7(5-14-2)10(9)13/h3-4,14H,5H2,1-2H3,(H,16,17). The average Bonchev–Trinajstić information content (AvgIpc) is 2.78. The van der Waals surface area contributed by atoms with Gasteiger partial charge >= 0.3 is 0 Å².